The van der Waals surface area contributed by atoms with Gasteiger partial charge in [0, 0.05) is 43.1 Å². The van der Waals surface area contributed by atoms with Gasteiger partial charge in [0.15, 0.2) is 5.78 Å². The van der Waals surface area contributed by atoms with E-state index in [4.69, 9.17) is 4.42 Å². The van der Waals surface area contributed by atoms with Gasteiger partial charge in [0.05, 0.1) is 6.04 Å². The van der Waals surface area contributed by atoms with Gasteiger partial charge in [-0.1, -0.05) is 50.2 Å². The molecule has 48 heavy (non-hydrogen) atoms. The number of amides is 3. The molecule has 3 amide bonds. The first-order valence-electron chi connectivity index (χ1n) is 17.1. The van der Waals surface area contributed by atoms with Gasteiger partial charge in [0.1, 0.15) is 23.4 Å². The molecular formula is C39H44N4O5. The molecule has 0 radical (unpaired) electrons. The van der Waals surface area contributed by atoms with E-state index in [-0.39, 0.29) is 36.0 Å². The molecule has 2 aliphatic rings. The number of carbonyl (C=O) groups is 4. The lowest BCUT2D eigenvalue weighted by Gasteiger charge is -2.34. The van der Waals surface area contributed by atoms with E-state index >= 15 is 0 Å². The van der Waals surface area contributed by atoms with Crippen LogP contribution >= 0.6 is 0 Å². The van der Waals surface area contributed by atoms with Crippen LogP contribution < -0.4 is 5.32 Å². The van der Waals surface area contributed by atoms with Crippen molar-refractivity contribution in [2.24, 2.45) is 0 Å². The van der Waals surface area contributed by atoms with Crippen molar-refractivity contribution < 1.29 is 23.6 Å². The number of hydrogen-bond donors (Lipinski definition) is 1. The van der Waals surface area contributed by atoms with Crippen molar-refractivity contribution >= 4 is 40.2 Å². The molecule has 0 saturated carbocycles. The average molecular weight is 649 g/mol. The van der Waals surface area contributed by atoms with Crippen LogP contribution in [0.25, 0.3) is 22.3 Å². The largest absolute Gasteiger partial charge is 0.456 e. The number of fused-ring (bicyclic) bond motifs is 1. The Bertz CT molecular complexity index is 1780. The molecule has 3 aromatic carbocycles. The second kappa shape index (κ2) is 14.6. The summed E-state index contributed by atoms with van der Waals surface area (Å²) in [5.41, 5.74) is 4.05. The van der Waals surface area contributed by atoms with Gasteiger partial charge < -0.3 is 19.5 Å². The van der Waals surface area contributed by atoms with Crippen molar-refractivity contribution in [1.29, 1.82) is 0 Å². The van der Waals surface area contributed by atoms with E-state index in [1.807, 2.05) is 78.9 Å². The van der Waals surface area contributed by atoms with Gasteiger partial charge >= 0.3 is 0 Å². The molecule has 3 atom stereocenters. The van der Waals surface area contributed by atoms with E-state index in [1.54, 1.807) is 9.80 Å². The Hall–Kier alpha value is -4.76. The number of likely N-dealkylation sites (tertiary alicyclic amines) is 2. The van der Waals surface area contributed by atoms with Crippen LogP contribution in [0.5, 0.6) is 0 Å². The highest BCUT2D eigenvalue weighted by Crippen LogP contribution is 2.31. The highest BCUT2D eigenvalue weighted by atomic mass is 16.3. The van der Waals surface area contributed by atoms with E-state index in [1.165, 1.54) is 6.92 Å². The quantitative estimate of drug-likeness (QED) is 0.207. The SMILES string of the molecule is CCN(CC)[C@@H](C(=O)N1CCC[C@H]1C(=O)Nc1ccc(-c2cc3cc(CC(=O)[C@@H]4CCCN4C(C)=O)ccc3o2)cc1)c1ccccc1. The zero-order valence-electron chi connectivity index (χ0n) is 28.0. The van der Waals surface area contributed by atoms with Crippen LogP contribution in [0.2, 0.25) is 0 Å². The standard InChI is InChI=1S/C39H44N4O5/c1-4-41(5-2)37(29-11-7-6-8-12-29)39(47)43-22-10-14-33(43)38(46)40-31-18-16-28(17-19-31)36-25-30-23-27(15-20-35(30)48-36)24-34(45)32-13-9-21-42(32)26(3)44/h6-8,11-12,15-20,23,25,32-33,37H,4-5,9-10,13-14,21-22,24H2,1-3H3,(H,40,46)/t32-,33-,37+/m0/s1. The first-order chi connectivity index (χ1) is 23.3. The molecular weight excluding hydrogens is 604 g/mol. The Morgan fingerprint density at radius 2 is 1.54 bits per heavy atom. The van der Waals surface area contributed by atoms with E-state index in [2.05, 4.69) is 24.1 Å². The third-order valence-electron chi connectivity index (χ3n) is 9.79. The Kier molecular flexibility index (Phi) is 10.1. The van der Waals surface area contributed by atoms with Crippen molar-refractivity contribution in [2.75, 3.05) is 31.5 Å². The Morgan fingerprint density at radius 3 is 2.23 bits per heavy atom. The summed E-state index contributed by atoms with van der Waals surface area (Å²) in [5.74, 6) is 0.473. The highest BCUT2D eigenvalue weighted by Gasteiger charge is 2.39. The van der Waals surface area contributed by atoms with Crippen LogP contribution in [0, 0.1) is 0 Å². The minimum atomic E-state index is -0.533. The number of Topliss-reactive ketones (excluding diaryl/α,β-unsaturated/α-hetero) is 1. The molecule has 2 aliphatic heterocycles. The van der Waals surface area contributed by atoms with E-state index in [0.29, 0.717) is 36.5 Å². The van der Waals surface area contributed by atoms with E-state index in [0.717, 1.165) is 54.4 Å². The molecule has 2 fully saturated rings. The molecule has 9 heteroatoms. The molecule has 250 valence electrons. The number of ketones is 1. The minimum Gasteiger partial charge on any atom is -0.456 e. The van der Waals surface area contributed by atoms with Gasteiger partial charge in [0.25, 0.3) is 0 Å². The number of nitrogens with zero attached hydrogens (tertiary/aromatic N) is 3. The fourth-order valence-corrected chi connectivity index (χ4v) is 7.28. The summed E-state index contributed by atoms with van der Waals surface area (Å²) in [4.78, 5) is 58.0. The van der Waals surface area contributed by atoms with Crippen LogP contribution in [0.4, 0.5) is 5.69 Å². The molecule has 3 heterocycles. The summed E-state index contributed by atoms with van der Waals surface area (Å²) in [6, 6.07) is 23.7. The van der Waals surface area contributed by atoms with Crippen molar-refractivity contribution in [3.8, 4) is 11.3 Å². The lowest BCUT2D eigenvalue weighted by molar-refractivity contribution is -0.141. The van der Waals surface area contributed by atoms with Crippen LogP contribution in [0.3, 0.4) is 0 Å². The molecule has 4 aromatic rings. The summed E-state index contributed by atoms with van der Waals surface area (Å²) in [5, 5.41) is 3.93. The Morgan fingerprint density at radius 1 is 0.854 bits per heavy atom. The lowest BCUT2D eigenvalue weighted by Crippen LogP contribution is -2.48. The van der Waals surface area contributed by atoms with Crippen molar-refractivity contribution in [3.05, 3.63) is 90.0 Å². The maximum Gasteiger partial charge on any atom is 0.247 e. The number of rotatable bonds is 11. The lowest BCUT2D eigenvalue weighted by atomic mass is 10.0. The smallest absolute Gasteiger partial charge is 0.247 e. The van der Waals surface area contributed by atoms with Crippen molar-refractivity contribution in [2.45, 2.75) is 71.0 Å². The number of likely N-dealkylation sites (N-methyl/N-ethyl adjacent to an activating group) is 1. The molecule has 2 saturated heterocycles. The molecule has 6 rings (SSSR count). The molecule has 1 aromatic heterocycles. The van der Waals surface area contributed by atoms with Gasteiger partial charge in [0.2, 0.25) is 17.7 Å². The summed E-state index contributed by atoms with van der Waals surface area (Å²) >= 11 is 0. The third kappa shape index (κ3) is 6.92. The van der Waals surface area contributed by atoms with Crippen molar-refractivity contribution in [3.63, 3.8) is 0 Å². The normalized spacial score (nSPS) is 18.4. The monoisotopic (exact) mass is 648 g/mol. The zero-order valence-corrected chi connectivity index (χ0v) is 28.0. The summed E-state index contributed by atoms with van der Waals surface area (Å²) in [7, 11) is 0. The van der Waals surface area contributed by atoms with Gasteiger partial charge in [-0.25, -0.2) is 0 Å². The molecule has 0 spiro atoms. The number of furan rings is 1. The highest BCUT2D eigenvalue weighted by molar-refractivity contribution is 5.98. The van der Waals surface area contributed by atoms with Gasteiger partial charge in [-0.15, -0.1) is 0 Å². The predicted molar refractivity (Wildman–Crippen MR) is 186 cm³/mol. The van der Waals surface area contributed by atoms with E-state index < -0.39 is 12.1 Å². The van der Waals surface area contributed by atoms with Crippen molar-refractivity contribution in [1.82, 2.24) is 14.7 Å². The minimum absolute atomic E-state index is 0.0353. The second-order valence-electron chi connectivity index (χ2n) is 12.8. The first kappa shape index (κ1) is 33.2. The second-order valence-corrected chi connectivity index (χ2v) is 12.8. The number of anilines is 1. The third-order valence-corrected chi connectivity index (χ3v) is 9.79. The molecule has 0 bridgehead atoms. The van der Waals surface area contributed by atoms with Crippen LogP contribution in [-0.2, 0) is 25.6 Å². The molecule has 0 aliphatic carbocycles. The zero-order chi connectivity index (χ0) is 33.8. The number of carbonyl (C=O) groups excluding carboxylic acids is 4. The summed E-state index contributed by atoms with van der Waals surface area (Å²) in [6.07, 6.45) is 3.24. The summed E-state index contributed by atoms with van der Waals surface area (Å²) in [6.45, 7) is 8.28. The maximum atomic E-state index is 14.0. The van der Waals surface area contributed by atoms with Gasteiger partial charge in [-0.3, -0.25) is 24.1 Å². The summed E-state index contributed by atoms with van der Waals surface area (Å²) < 4.78 is 6.13. The van der Waals surface area contributed by atoms with Crippen LogP contribution in [0.1, 0.15) is 63.6 Å². The average Bonchev–Trinajstić information content (AvgIpc) is 3.88. The van der Waals surface area contributed by atoms with Crippen LogP contribution in [-0.4, -0.2) is 76.5 Å². The Balaban J connectivity index is 1.12. The fraction of sp³-hybridized carbons (Fsp3) is 0.385. The predicted octanol–water partition coefficient (Wildman–Crippen LogP) is 6.23. The Labute approximate surface area is 281 Å². The number of hydrogen-bond acceptors (Lipinski definition) is 6. The number of benzene rings is 3. The molecule has 0 unspecified atom stereocenters. The van der Waals surface area contributed by atoms with E-state index in [9.17, 15) is 19.2 Å². The first-order valence-corrected chi connectivity index (χ1v) is 17.1. The molecule has 1 N–H and O–H groups in total. The topological polar surface area (TPSA) is 103 Å². The number of nitrogens with one attached hydrogen (secondary N) is 1. The van der Waals surface area contributed by atoms with Gasteiger partial charge in [-0.05, 0) is 92.4 Å². The van der Waals surface area contributed by atoms with Gasteiger partial charge in [-0.2, -0.15) is 0 Å². The maximum absolute atomic E-state index is 14.0. The van der Waals surface area contributed by atoms with Crippen LogP contribution in [0.15, 0.2) is 83.3 Å². The fourth-order valence-electron chi connectivity index (χ4n) is 7.28. The molecule has 9 nitrogen and oxygen atoms in total.